The lowest BCUT2D eigenvalue weighted by atomic mass is 10.1. The van der Waals surface area contributed by atoms with Gasteiger partial charge in [-0.15, -0.1) is 0 Å². The molecule has 0 bridgehead atoms. The van der Waals surface area contributed by atoms with Crippen LogP contribution in [0.3, 0.4) is 0 Å². The highest BCUT2D eigenvalue weighted by atomic mass is 19.1. The zero-order valence-corrected chi connectivity index (χ0v) is 9.75. The summed E-state index contributed by atoms with van der Waals surface area (Å²) in [7, 11) is 0. The third kappa shape index (κ3) is 3.78. The second-order valence-corrected chi connectivity index (χ2v) is 4.39. The van der Waals surface area contributed by atoms with Crippen LogP contribution in [0.5, 0.6) is 0 Å². The first kappa shape index (κ1) is 13.0. The summed E-state index contributed by atoms with van der Waals surface area (Å²) in [4.78, 5) is 7.53. The van der Waals surface area contributed by atoms with E-state index in [1.807, 2.05) is 20.8 Å². The lowest BCUT2D eigenvalue weighted by molar-refractivity contribution is 0.582. The van der Waals surface area contributed by atoms with Crippen molar-refractivity contribution >= 4 is 11.7 Å². The summed E-state index contributed by atoms with van der Waals surface area (Å²) in [6, 6.07) is 5.57. The number of nitrogens with zero attached hydrogens (tertiary/aromatic N) is 3. The Morgan fingerprint density at radius 1 is 1.24 bits per heavy atom. The van der Waals surface area contributed by atoms with Gasteiger partial charge in [-0.25, -0.2) is 13.8 Å². The molecule has 0 amide bonds. The molecule has 3 nitrogen and oxygen atoms in total. The summed E-state index contributed by atoms with van der Waals surface area (Å²) in [6.45, 7) is 5.46. The lowest BCUT2D eigenvalue weighted by Gasteiger charge is -2.07. The van der Waals surface area contributed by atoms with E-state index in [1.165, 1.54) is 0 Å². The summed E-state index contributed by atoms with van der Waals surface area (Å²) in [5.74, 6) is -1.72. The minimum Gasteiger partial charge on any atom is -0.219 e. The highest BCUT2D eigenvalue weighted by molar-refractivity contribution is 5.61. The Morgan fingerprint density at radius 3 is 2.41 bits per heavy atom. The summed E-state index contributed by atoms with van der Waals surface area (Å²) in [5.41, 5.74) is -0.826. The van der Waals surface area contributed by atoms with E-state index >= 15 is 0 Å². The maximum absolute atomic E-state index is 13.4. The largest absolute Gasteiger partial charge is 0.219 e. The van der Waals surface area contributed by atoms with Gasteiger partial charge >= 0.3 is 0 Å². The van der Waals surface area contributed by atoms with Crippen LogP contribution in [0.4, 0.5) is 14.5 Å². The fourth-order valence-corrected chi connectivity index (χ4v) is 0.990. The number of aliphatic imine (C=N–C) groups is 2. The van der Waals surface area contributed by atoms with Crippen LogP contribution in [0.15, 0.2) is 22.1 Å². The molecule has 0 aliphatic rings. The van der Waals surface area contributed by atoms with E-state index in [9.17, 15) is 8.78 Å². The predicted octanol–water partition coefficient (Wildman–Crippen LogP) is 3.44. The summed E-state index contributed by atoms with van der Waals surface area (Å²) in [6.07, 6.45) is 0. The zero-order valence-electron chi connectivity index (χ0n) is 9.75. The van der Waals surface area contributed by atoms with Crippen molar-refractivity contribution in [2.45, 2.75) is 26.3 Å². The fourth-order valence-electron chi connectivity index (χ4n) is 0.990. The quantitative estimate of drug-likeness (QED) is 0.688. The molecular formula is C12H11F2N3. The summed E-state index contributed by atoms with van der Waals surface area (Å²) < 4.78 is 26.2. The van der Waals surface area contributed by atoms with Crippen LogP contribution < -0.4 is 0 Å². The van der Waals surface area contributed by atoms with E-state index in [2.05, 4.69) is 16.0 Å². The molecule has 0 fully saturated rings. The Kier molecular flexibility index (Phi) is 3.72. The lowest BCUT2D eigenvalue weighted by Crippen LogP contribution is -2.08. The molecular weight excluding hydrogens is 224 g/mol. The average Bonchev–Trinajstić information content (AvgIpc) is 2.18. The molecule has 0 atom stereocenters. The molecule has 0 saturated heterocycles. The molecule has 0 heterocycles. The van der Waals surface area contributed by atoms with Crippen LogP contribution in [0.2, 0.25) is 0 Å². The first-order valence-electron chi connectivity index (χ1n) is 4.90. The van der Waals surface area contributed by atoms with Gasteiger partial charge in [-0.1, -0.05) is 0 Å². The van der Waals surface area contributed by atoms with Crippen molar-refractivity contribution in [3.63, 3.8) is 0 Å². The van der Waals surface area contributed by atoms with Crippen molar-refractivity contribution in [3.05, 3.63) is 29.3 Å². The van der Waals surface area contributed by atoms with Gasteiger partial charge in [0.05, 0.1) is 17.1 Å². The Bertz CT molecular complexity index is 530. The first-order valence-corrected chi connectivity index (χ1v) is 4.90. The minimum absolute atomic E-state index is 0.181. The van der Waals surface area contributed by atoms with Crippen molar-refractivity contribution < 1.29 is 8.78 Å². The zero-order chi connectivity index (χ0) is 13.1. The molecule has 0 unspecified atom stereocenters. The number of benzene rings is 1. The molecule has 5 heteroatoms. The predicted molar refractivity (Wildman–Crippen MR) is 60.3 cm³/mol. The van der Waals surface area contributed by atoms with Gasteiger partial charge in [0.1, 0.15) is 17.6 Å². The molecule has 0 saturated carbocycles. The number of halogens is 2. The second kappa shape index (κ2) is 4.86. The van der Waals surface area contributed by atoms with Crippen LogP contribution in [-0.4, -0.2) is 11.5 Å². The van der Waals surface area contributed by atoms with Crippen molar-refractivity contribution in [1.82, 2.24) is 0 Å². The molecule has 0 N–H and O–H groups in total. The van der Waals surface area contributed by atoms with Gasteiger partial charge in [0.2, 0.25) is 0 Å². The normalized spacial score (nSPS) is 10.4. The van der Waals surface area contributed by atoms with Gasteiger partial charge in [-0.3, -0.25) is 0 Å². The maximum Gasteiger partial charge on any atom is 0.153 e. The standard InChI is InChI=1S/C12H11F2N3/c1-12(2,3)17-7-16-11-8(6-15)4-9(13)5-10(11)14/h4-5H,1-3H3. The molecule has 17 heavy (non-hydrogen) atoms. The molecule has 0 aliphatic carbocycles. The average molecular weight is 235 g/mol. The summed E-state index contributed by atoms with van der Waals surface area (Å²) >= 11 is 0. The van der Waals surface area contributed by atoms with E-state index in [0.717, 1.165) is 6.07 Å². The van der Waals surface area contributed by atoms with E-state index < -0.39 is 17.2 Å². The van der Waals surface area contributed by atoms with Gasteiger partial charge < -0.3 is 0 Å². The smallest absolute Gasteiger partial charge is 0.153 e. The SMILES string of the molecule is CC(C)(C)N=C=Nc1c(F)cc(F)cc1C#N. The molecule has 0 aromatic heterocycles. The van der Waals surface area contributed by atoms with Crippen molar-refractivity contribution in [3.8, 4) is 6.07 Å². The van der Waals surface area contributed by atoms with E-state index in [-0.39, 0.29) is 11.3 Å². The van der Waals surface area contributed by atoms with Gasteiger partial charge in [-0.2, -0.15) is 10.3 Å². The molecule has 0 aliphatic heterocycles. The minimum atomic E-state index is -0.904. The van der Waals surface area contributed by atoms with E-state index in [4.69, 9.17) is 5.26 Å². The molecule has 1 aromatic carbocycles. The van der Waals surface area contributed by atoms with Crippen molar-refractivity contribution in [2.75, 3.05) is 0 Å². The van der Waals surface area contributed by atoms with Crippen molar-refractivity contribution in [1.29, 1.82) is 5.26 Å². The molecule has 1 aromatic rings. The van der Waals surface area contributed by atoms with Crippen LogP contribution in [-0.2, 0) is 0 Å². The highest BCUT2D eigenvalue weighted by Crippen LogP contribution is 2.23. The fraction of sp³-hybridized carbons (Fsp3) is 0.333. The maximum atomic E-state index is 13.4. The van der Waals surface area contributed by atoms with Crippen LogP contribution in [0.25, 0.3) is 0 Å². The molecule has 0 spiro atoms. The van der Waals surface area contributed by atoms with Crippen LogP contribution in [0, 0.1) is 23.0 Å². The van der Waals surface area contributed by atoms with E-state index in [1.54, 1.807) is 6.07 Å². The topological polar surface area (TPSA) is 48.5 Å². The Labute approximate surface area is 98.1 Å². The van der Waals surface area contributed by atoms with Crippen molar-refractivity contribution in [2.24, 2.45) is 9.98 Å². The third-order valence-electron chi connectivity index (χ3n) is 1.70. The molecule has 1 rings (SSSR count). The summed E-state index contributed by atoms with van der Waals surface area (Å²) in [5, 5.41) is 8.72. The number of hydrogen-bond donors (Lipinski definition) is 0. The second-order valence-electron chi connectivity index (χ2n) is 4.39. The highest BCUT2D eigenvalue weighted by Gasteiger charge is 2.10. The number of rotatable bonds is 1. The van der Waals surface area contributed by atoms with Gasteiger partial charge in [-0.05, 0) is 26.8 Å². The number of hydrogen-bond acceptors (Lipinski definition) is 3. The van der Waals surface area contributed by atoms with Crippen LogP contribution in [0.1, 0.15) is 26.3 Å². The number of nitriles is 1. The Hall–Kier alpha value is -2.05. The van der Waals surface area contributed by atoms with Gasteiger partial charge in [0, 0.05) is 6.07 Å². The van der Waals surface area contributed by atoms with E-state index in [0.29, 0.717) is 6.07 Å². The Balaban J connectivity index is 3.25. The molecule has 88 valence electrons. The van der Waals surface area contributed by atoms with Gasteiger partial charge in [0.25, 0.3) is 0 Å². The van der Waals surface area contributed by atoms with Gasteiger partial charge in [0.15, 0.2) is 5.82 Å². The molecule has 0 radical (unpaired) electrons. The third-order valence-corrected chi connectivity index (χ3v) is 1.70. The first-order chi connectivity index (χ1) is 7.83. The monoisotopic (exact) mass is 235 g/mol. The Morgan fingerprint density at radius 2 is 1.88 bits per heavy atom. The van der Waals surface area contributed by atoms with Crippen LogP contribution >= 0.6 is 0 Å².